The van der Waals surface area contributed by atoms with Crippen molar-refractivity contribution in [3.63, 3.8) is 0 Å². The highest BCUT2D eigenvalue weighted by Crippen LogP contribution is 2.66. The zero-order valence-electron chi connectivity index (χ0n) is 25.8. The predicted molar refractivity (Wildman–Crippen MR) is 159 cm³/mol. The van der Waals surface area contributed by atoms with Gasteiger partial charge < -0.3 is 10.0 Å². The molecule has 2 aromatic heterocycles. The summed E-state index contributed by atoms with van der Waals surface area (Å²) >= 11 is 6.70. The van der Waals surface area contributed by atoms with Gasteiger partial charge in [0.1, 0.15) is 6.17 Å². The summed E-state index contributed by atoms with van der Waals surface area (Å²) in [5, 5.41) is 17.5. The van der Waals surface area contributed by atoms with Crippen molar-refractivity contribution in [3.05, 3.63) is 35.4 Å². The summed E-state index contributed by atoms with van der Waals surface area (Å²) in [6.07, 6.45) is -0.308. The number of hydrogen-bond donors (Lipinski definition) is 1. The van der Waals surface area contributed by atoms with Crippen LogP contribution in [0.1, 0.15) is 85.5 Å². The van der Waals surface area contributed by atoms with Crippen LogP contribution in [0.25, 0.3) is 0 Å². The normalized spacial score (nSPS) is 30.8. The second-order valence-electron chi connectivity index (χ2n) is 13.7. The Kier molecular flexibility index (Phi) is 9.01. The van der Waals surface area contributed by atoms with Crippen molar-refractivity contribution in [2.45, 2.75) is 101 Å². The maximum absolute atomic E-state index is 15.6. The molecule has 0 saturated heterocycles. The Hall–Kier alpha value is -2.96. The van der Waals surface area contributed by atoms with E-state index in [9.17, 15) is 32.7 Å². The number of aliphatic carboxylic acids is 1. The Morgan fingerprint density at radius 3 is 2.52 bits per heavy atom. The Morgan fingerprint density at radius 2 is 1.89 bits per heavy atom. The molecule has 3 fully saturated rings. The zero-order chi connectivity index (χ0) is 33.0. The van der Waals surface area contributed by atoms with Gasteiger partial charge in [-0.1, -0.05) is 6.42 Å². The fourth-order valence-electron chi connectivity index (χ4n) is 8.32. The van der Waals surface area contributed by atoms with Crippen LogP contribution in [0.4, 0.5) is 17.6 Å². The topological polar surface area (TPSA) is 110 Å². The number of carboxylic acid groups (broad SMARTS) is 1. The van der Waals surface area contributed by atoms with Gasteiger partial charge in [0, 0.05) is 49.6 Å². The van der Waals surface area contributed by atoms with E-state index in [1.165, 1.54) is 0 Å². The number of amides is 1. The maximum Gasteiger partial charge on any atom is 0.394 e. The molecule has 0 aromatic carbocycles. The molecular weight excluding hydrogens is 630 g/mol. The van der Waals surface area contributed by atoms with E-state index in [0.717, 1.165) is 4.68 Å². The highest BCUT2D eigenvalue weighted by molar-refractivity contribution is 6.22. The van der Waals surface area contributed by atoms with Gasteiger partial charge in [0.25, 0.3) is 5.91 Å². The van der Waals surface area contributed by atoms with Crippen molar-refractivity contribution in [2.24, 2.45) is 29.1 Å². The van der Waals surface area contributed by atoms with Crippen molar-refractivity contribution in [2.75, 3.05) is 13.6 Å². The predicted octanol–water partition coefficient (Wildman–Crippen LogP) is 5.66. The van der Waals surface area contributed by atoms with E-state index < -0.39 is 64.6 Å². The van der Waals surface area contributed by atoms with E-state index in [2.05, 4.69) is 10.2 Å². The quantitative estimate of drug-likeness (QED) is 0.287. The molecule has 0 aliphatic heterocycles. The van der Waals surface area contributed by atoms with Crippen LogP contribution in [0.3, 0.4) is 0 Å². The maximum atomic E-state index is 15.6. The van der Waals surface area contributed by atoms with Crippen molar-refractivity contribution in [1.29, 1.82) is 0 Å². The van der Waals surface area contributed by atoms with Gasteiger partial charge in [-0.25, -0.2) is 9.07 Å². The molecule has 2 heterocycles. The highest BCUT2D eigenvalue weighted by Gasteiger charge is 2.69. The molecule has 9 nitrogen and oxygen atoms in total. The van der Waals surface area contributed by atoms with Gasteiger partial charge in [0.15, 0.2) is 0 Å². The zero-order valence-corrected chi connectivity index (χ0v) is 26.5. The first-order valence-electron chi connectivity index (χ1n) is 16.3. The largest absolute Gasteiger partial charge is 0.481 e. The van der Waals surface area contributed by atoms with Crippen LogP contribution in [0.2, 0.25) is 0 Å². The Bertz CT molecular complexity index is 1460. The Morgan fingerprint density at radius 1 is 1.13 bits per heavy atom. The molecule has 7 unspecified atom stereocenters. The van der Waals surface area contributed by atoms with E-state index in [1.807, 2.05) is 0 Å². The van der Waals surface area contributed by atoms with Crippen LogP contribution >= 0.6 is 11.6 Å². The molecule has 7 atom stereocenters. The number of halogens is 5. The van der Waals surface area contributed by atoms with Crippen LogP contribution < -0.4 is 0 Å². The van der Waals surface area contributed by atoms with Crippen LogP contribution in [0.15, 0.2) is 18.5 Å². The average molecular weight is 670 g/mol. The molecule has 0 spiro atoms. The number of aromatic nitrogens is 4. The number of alkyl halides is 5. The van der Waals surface area contributed by atoms with Crippen molar-refractivity contribution >= 4 is 29.4 Å². The fourth-order valence-corrected chi connectivity index (χ4v) is 8.75. The number of fused-ring (bicyclic) bond motifs is 1. The monoisotopic (exact) mass is 669 g/mol. The summed E-state index contributed by atoms with van der Waals surface area (Å²) < 4.78 is 61.6. The fraction of sp³-hybridized carbons (Fsp3) is 0.719. The lowest BCUT2D eigenvalue weighted by Gasteiger charge is -2.40. The minimum absolute atomic E-state index is 0.0468. The van der Waals surface area contributed by atoms with Crippen molar-refractivity contribution in [1.82, 2.24) is 24.5 Å². The molecule has 252 valence electrons. The summed E-state index contributed by atoms with van der Waals surface area (Å²) in [5.74, 6) is -6.02. The third kappa shape index (κ3) is 5.96. The lowest BCUT2D eigenvalue weighted by atomic mass is 9.69. The lowest BCUT2D eigenvalue weighted by molar-refractivity contribution is -0.209. The Balaban J connectivity index is 1.32. The van der Waals surface area contributed by atoms with Crippen molar-refractivity contribution < 1.29 is 37.1 Å². The number of carbonyl (C=O) groups excluding carboxylic acids is 2. The van der Waals surface area contributed by atoms with Gasteiger partial charge in [-0.15, -0.1) is 11.6 Å². The summed E-state index contributed by atoms with van der Waals surface area (Å²) in [6.45, 7) is 0.896. The molecule has 46 heavy (non-hydrogen) atoms. The van der Waals surface area contributed by atoms with Crippen LogP contribution in [-0.4, -0.2) is 78.7 Å². The lowest BCUT2D eigenvalue weighted by Crippen LogP contribution is -2.47. The number of hydrogen-bond acceptors (Lipinski definition) is 5. The summed E-state index contributed by atoms with van der Waals surface area (Å²) in [7, 11) is 1.70. The molecule has 3 saturated carbocycles. The molecule has 0 bridgehead atoms. The number of nitrogens with zero attached hydrogens (tertiary/aromatic N) is 5. The number of rotatable bonds is 8. The first kappa shape index (κ1) is 33.0. The van der Waals surface area contributed by atoms with Crippen molar-refractivity contribution in [3.8, 4) is 0 Å². The molecule has 0 radical (unpaired) electrons. The molecular formula is C32H40ClF4N5O4. The number of carbonyl (C=O) groups is 3. The minimum Gasteiger partial charge on any atom is -0.481 e. The minimum atomic E-state index is -4.47. The van der Waals surface area contributed by atoms with Gasteiger partial charge >= 0.3 is 12.1 Å². The van der Waals surface area contributed by atoms with Gasteiger partial charge in [0.2, 0.25) is 5.91 Å². The Labute approximate surface area is 269 Å². The van der Waals surface area contributed by atoms with Gasteiger partial charge in [-0.3, -0.25) is 19.1 Å². The second kappa shape index (κ2) is 12.6. The molecule has 14 heteroatoms. The summed E-state index contributed by atoms with van der Waals surface area (Å²) in [5.41, 5.74) is -0.518. The summed E-state index contributed by atoms with van der Waals surface area (Å²) in [6, 6.07) is 1.79. The van der Waals surface area contributed by atoms with Crippen LogP contribution in [0.5, 0.6) is 0 Å². The van der Waals surface area contributed by atoms with E-state index >= 15 is 4.39 Å². The molecule has 2 aromatic rings. The van der Waals surface area contributed by atoms with Crippen LogP contribution in [0, 0.1) is 29.1 Å². The van der Waals surface area contributed by atoms with E-state index in [4.69, 9.17) is 11.6 Å². The van der Waals surface area contributed by atoms with Gasteiger partial charge in [-0.2, -0.15) is 23.4 Å². The molecule has 4 aliphatic rings. The average Bonchev–Trinajstić information content (AvgIpc) is 3.53. The SMILES string of the molecule is CN(CCn1cccn1)C(=O)C1CCc2c(C3CCC(C(=O)O)CC3F)nn(C(=O)C3C(Cl)CCCC3C3(C(F)(F)F)CC3)c2C1. The number of likely N-dealkylation sites (N-methyl/N-ethyl adjacent to an activating group) is 1. The van der Waals surface area contributed by atoms with E-state index in [0.29, 0.717) is 55.7 Å². The standard InChI is InChI=1S/C32H40ClF4N5O4/c1-40(14-15-41-13-3-12-38-41)28(43)18-6-9-21-25(17-18)42(39-27(21)20-8-7-19(30(45)46)16-24(20)34)29(44)26-22(4-2-5-23(26)33)31(10-11-31)32(35,36)37/h3,12-13,18-20,22-24,26H,2,4-11,14-17H2,1H3,(H,45,46). The molecule has 6 rings (SSSR count). The third-order valence-corrected chi connectivity index (χ3v) is 11.6. The highest BCUT2D eigenvalue weighted by atomic mass is 35.5. The van der Waals surface area contributed by atoms with E-state index in [-0.39, 0.29) is 50.9 Å². The molecule has 1 amide bonds. The van der Waals surface area contributed by atoms with E-state index in [1.54, 1.807) is 35.1 Å². The smallest absolute Gasteiger partial charge is 0.394 e. The molecule has 1 N–H and O–H groups in total. The first-order chi connectivity index (χ1) is 21.8. The van der Waals surface area contributed by atoms with Crippen LogP contribution in [-0.2, 0) is 29.0 Å². The summed E-state index contributed by atoms with van der Waals surface area (Å²) in [4.78, 5) is 41.2. The number of carboxylic acids is 1. The third-order valence-electron chi connectivity index (χ3n) is 11.1. The second-order valence-corrected chi connectivity index (χ2v) is 14.3. The van der Waals surface area contributed by atoms with Gasteiger partial charge in [-0.05, 0) is 75.3 Å². The van der Waals surface area contributed by atoms with Gasteiger partial charge in [0.05, 0.1) is 35.2 Å². The molecule has 4 aliphatic carbocycles. The first-order valence-corrected chi connectivity index (χ1v) is 16.7.